The highest BCUT2D eigenvalue weighted by Gasteiger charge is 2.18. The fourth-order valence-electron chi connectivity index (χ4n) is 3.26. The van der Waals surface area contributed by atoms with Gasteiger partial charge in [0.25, 0.3) is 5.91 Å². The van der Waals surface area contributed by atoms with Crippen molar-refractivity contribution in [3.05, 3.63) is 65.4 Å². The molecular weight excluding hydrogens is 401 g/mol. The average Bonchev–Trinajstić information content (AvgIpc) is 3.10. The van der Waals surface area contributed by atoms with Crippen molar-refractivity contribution >= 4 is 17.6 Å². The van der Waals surface area contributed by atoms with Crippen LogP contribution in [0.2, 0.25) is 0 Å². The Kier molecular flexibility index (Phi) is 6.39. The van der Waals surface area contributed by atoms with E-state index in [0.29, 0.717) is 28.9 Å². The number of carbonyl (C=O) groups is 2. The van der Waals surface area contributed by atoms with Gasteiger partial charge in [-0.1, -0.05) is 6.92 Å². The second kappa shape index (κ2) is 8.99. The lowest BCUT2D eigenvalue weighted by molar-refractivity contribution is 0.0695. The molecule has 0 unspecified atom stereocenters. The third-order valence-corrected chi connectivity index (χ3v) is 4.76. The predicted octanol–water partition coefficient (Wildman–Crippen LogP) is 4.53. The number of nitrogens with one attached hydrogen (secondary N) is 1. The normalized spacial score (nSPS) is 10.9. The van der Waals surface area contributed by atoms with Crippen molar-refractivity contribution < 1.29 is 23.8 Å². The van der Waals surface area contributed by atoms with Crippen LogP contribution in [0.5, 0.6) is 5.75 Å². The van der Waals surface area contributed by atoms with E-state index in [-0.39, 0.29) is 23.2 Å². The molecule has 0 saturated carbocycles. The van der Waals surface area contributed by atoms with Crippen LogP contribution in [0, 0.1) is 5.82 Å². The van der Waals surface area contributed by atoms with Gasteiger partial charge in [-0.2, -0.15) is 0 Å². The molecule has 1 aromatic heterocycles. The lowest BCUT2D eigenvalue weighted by Gasteiger charge is -2.12. The third-order valence-electron chi connectivity index (χ3n) is 4.76. The van der Waals surface area contributed by atoms with Crippen LogP contribution in [0.15, 0.2) is 42.6 Å². The minimum Gasteiger partial charge on any atom is -0.488 e. The molecule has 0 aliphatic carbocycles. The van der Waals surface area contributed by atoms with Gasteiger partial charge in [0.05, 0.1) is 23.6 Å². The van der Waals surface area contributed by atoms with E-state index in [9.17, 15) is 19.1 Å². The summed E-state index contributed by atoms with van der Waals surface area (Å²) in [6.07, 6.45) is 1.86. The van der Waals surface area contributed by atoms with Crippen LogP contribution in [0.4, 0.5) is 10.1 Å². The first-order valence-electron chi connectivity index (χ1n) is 9.87. The second-order valence-corrected chi connectivity index (χ2v) is 7.32. The molecule has 1 amide bonds. The molecule has 31 heavy (non-hydrogen) atoms. The number of nitrogens with zero attached hydrogens (tertiary/aromatic N) is 2. The summed E-state index contributed by atoms with van der Waals surface area (Å²) in [6.45, 7) is 5.48. The van der Waals surface area contributed by atoms with Crippen molar-refractivity contribution in [3.63, 3.8) is 0 Å². The molecule has 0 atom stereocenters. The summed E-state index contributed by atoms with van der Waals surface area (Å²) in [5.41, 5.74) is 2.41. The van der Waals surface area contributed by atoms with Gasteiger partial charge in [0.2, 0.25) is 0 Å². The predicted molar refractivity (Wildman–Crippen MR) is 115 cm³/mol. The van der Waals surface area contributed by atoms with E-state index in [1.165, 1.54) is 24.4 Å². The maximum absolute atomic E-state index is 14.4. The van der Waals surface area contributed by atoms with Gasteiger partial charge in [0.15, 0.2) is 17.4 Å². The van der Waals surface area contributed by atoms with Crippen molar-refractivity contribution in [2.45, 2.75) is 33.3 Å². The van der Waals surface area contributed by atoms with Gasteiger partial charge in [-0.05, 0) is 62.2 Å². The van der Waals surface area contributed by atoms with E-state index in [2.05, 4.69) is 10.3 Å². The lowest BCUT2D eigenvalue weighted by Crippen LogP contribution is -2.17. The number of anilines is 1. The highest BCUT2D eigenvalue weighted by Crippen LogP contribution is 2.27. The Bertz CT molecular complexity index is 1140. The molecule has 0 spiro atoms. The number of amides is 1. The molecule has 0 fully saturated rings. The number of hydrogen-bond acceptors (Lipinski definition) is 4. The molecule has 0 aliphatic heterocycles. The maximum Gasteiger partial charge on any atom is 0.335 e. The highest BCUT2D eigenvalue weighted by molar-refractivity contribution is 6.02. The molecule has 162 valence electrons. The Balaban J connectivity index is 1.84. The number of halogens is 1. The molecule has 2 N–H and O–H groups in total. The molecule has 0 saturated heterocycles. The second-order valence-electron chi connectivity index (χ2n) is 7.32. The molecule has 2 aromatic carbocycles. The molecule has 7 nitrogen and oxygen atoms in total. The van der Waals surface area contributed by atoms with Crippen LogP contribution < -0.4 is 10.1 Å². The number of hydrogen-bond donors (Lipinski definition) is 2. The summed E-state index contributed by atoms with van der Waals surface area (Å²) in [5, 5.41) is 12.0. The van der Waals surface area contributed by atoms with Crippen molar-refractivity contribution in [1.29, 1.82) is 0 Å². The zero-order valence-corrected chi connectivity index (χ0v) is 17.8. The molecule has 0 radical (unpaired) electrons. The zero-order chi connectivity index (χ0) is 22.7. The minimum atomic E-state index is -1.01. The topological polar surface area (TPSA) is 93.5 Å². The Morgan fingerprint density at radius 3 is 2.58 bits per heavy atom. The Hall–Kier alpha value is -3.68. The van der Waals surface area contributed by atoms with Crippen LogP contribution in [-0.2, 0) is 13.5 Å². The quantitative estimate of drug-likeness (QED) is 0.580. The average molecular weight is 425 g/mol. The first-order valence-corrected chi connectivity index (χ1v) is 9.87. The number of ether oxygens (including phenoxy) is 1. The maximum atomic E-state index is 14.4. The standard InChI is InChI=1S/C23H24FN3O4/c1-5-14-10-16(7-8-17(14)23(29)30)26-22(28)21-25-12-19(27(21)4)15-6-9-20(18(24)11-15)31-13(2)3/h6-13H,5H2,1-4H3,(H,26,28)(H,29,30). The Labute approximate surface area is 179 Å². The summed E-state index contributed by atoms with van der Waals surface area (Å²) in [5.74, 6) is -1.67. The number of aryl methyl sites for hydroxylation is 1. The molecule has 8 heteroatoms. The van der Waals surface area contributed by atoms with E-state index >= 15 is 0 Å². The van der Waals surface area contributed by atoms with Gasteiger partial charge in [0, 0.05) is 18.3 Å². The number of imidazole rings is 1. The fraction of sp³-hybridized carbons (Fsp3) is 0.261. The third kappa shape index (κ3) is 4.74. The Morgan fingerprint density at radius 1 is 1.23 bits per heavy atom. The monoisotopic (exact) mass is 425 g/mol. The van der Waals surface area contributed by atoms with E-state index in [1.54, 1.807) is 29.8 Å². The van der Waals surface area contributed by atoms with E-state index < -0.39 is 17.7 Å². The van der Waals surface area contributed by atoms with E-state index in [1.807, 2.05) is 20.8 Å². The lowest BCUT2D eigenvalue weighted by atomic mass is 10.0. The zero-order valence-electron chi connectivity index (χ0n) is 17.8. The number of carboxylic acids is 1. The van der Waals surface area contributed by atoms with Crippen LogP contribution in [0.25, 0.3) is 11.3 Å². The summed E-state index contributed by atoms with van der Waals surface area (Å²) >= 11 is 0. The van der Waals surface area contributed by atoms with Gasteiger partial charge in [0.1, 0.15) is 0 Å². The summed E-state index contributed by atoms with van der Waals surface area (Å²) in [7, 11) is 1.67. The largest absolute Gasteiger partial charge is 0.488 e. The van der Waals surface area contributed by atoms with Gasteiger partial charge < -0.3 is 19.7 Å². The van der Waals surface area contributed by atoms with Crippen molar-refractivity contribution in [3.8, 4) is 17.0 Å². The van der Waals surface area contributed by atoms with Crippen LogP contribution >= 0.6 is 0 Å². The molecular formula is C23H24FN3O4. The van der Waals surface area contributed by atoms with Crippen LogP contribution in [0.1, 0.15) is 47.3 Å². The number of aromatic carboxylic acids is 1. The molecule has 3 aromatic rings. The molecule has 1 heterocycles. The summed E-state index contributed by atoms with van der Waals surface area (Å²) < 4.78 is 21.4. The first kappa shape index (κ1) is 22.0. The highest BCUT2D eigenvalue weighted by atomic mass is 19.1. The van der Waals surface area contributed by atoms with Gasteiger partial charge >= 0.3 is 5.97 Å². The SMILES string of the molecule is CCc1cc(NC(=O)c2ncc(-c3ccc(OC(C)C)c(F)c3)n2C)ccc1C(=O)O. The molecule has 3 rings (SSSR count). The van der Waals surface area contributed by atoms with Crippen LogP contribution in [0.3, 0.4) is 0 Å². The number of carbonyl (C=O) groups excluding carboxylic acids is 1. The smallest absolute Gasteiger partial charge is 0.335 e. The summed E-state index contributed by atoms with van der Waals surface area (Å²) in [6, 6.07) is 9.23. The van der Waals surface area contributed by atoms with Crippen molar-refractivity contribution in [2.75, 3.05) is 5.32 Å². The van der Waals surface area contributed by atoms with Crippen LogP contribution in [-0.4, -0.2) is 32.6 Å². The van der Waals surface area contributed by atoms with Gasteiger partial charge in [-0.25, -0.2) is 14.2 Å². The van der Waals surface area contributed by atoms with Crippen molar-refractivity contribution in [2.24, 2.45) is 7.05 Å². The van der Waals surface area contributed by atoms with E-state index in [4.69, 9.17) is 4.74 Å². The number of carboxylic acid groups (broad SMARTS) is 1. The van der Waals surface area contributed by atoms with Gasteiger partial charge in [-0.3, -0.25) is 4.79 Å². The number of aromatic nitrogens is 2. The fourth-order valence-corrected chi connectivity index (χ4v) is 3.26. The molecule has 0 bridgehead atoms. The van der Waals surface area contributed by atoms with Gasteiger partial charge in [-0.15, -0.1) is 0 Å². The first-order chi connectivity index (χ1) is 14.7. The number of rotatable bonds is 7. The summed E-state index contributed by atoms with van der Waals surface area (Å²) in [4.78, 5) is 28.2. The number of benzene rings is 2. The molecule has 0 aliphatic rings. The minimum absolute atomic E-state index is 0.137. The van der Waals surface area contributed by atoms with E-state index in [0.717, 1.165) is 0 Å². The van der Waals surface area contributed by atoms with Crippen molar-refractivity contribution in [1.82, 2.24) is 9.55 Å². The Morgan fingerprint density at radius 2 is 1.97 bits per heavy atom.